The SMILES string of the molecule is CCN(CC)CC(=O)Nc1ccc(O)c(C(=O)OC)c1. The van der Waals surface area contributed by atoms with Crippen LogP contribution in [-0.2, 0) is 9.53 Å². The predicted octanol–water partition coefficient (Wildman–Crippen LogP) is 1.46. The van der Waals surface area contributed by atoms with Gasteiger partial charge in [-0.15, -0.1) is 0 Å². The van der Waals surface area contributed by atoms with Crippen LogP contribution in [0.1, 0.15) is 24.2 Å². The van der Waals surface area contributed by atoms with Crippen molar-refractivity contribution in [3.8, 4) is 5.75 Å². The number of anilines is 1. The lowest BCUT2D eigenvalue weighted by Crippen LogP contribution is -2.32. The molecular weight excluding hydrogens is 260 g/mol. The summed E-state index contributed by atoms with van der Waals surface area (Å²) >= 11 is 0. The Bertz CT molecular complexity index is 484. The molecule has 0 aromatic heterocycles. The van der Waals surface area contributed by atoms with E-state index in [2.05, 4.69) is 10.1 Å². The van der Waals surface area contributed by atoms with Crippen molar-refractivity contribution in [3.63, 3.8) is 0 Å². The molecule has 1 rings (SSSR count). The Morgan fingerprint density at radius 3 is 2.50 bits per heavy atom. The topological polar surface area (TPSA) is 78.9 Å². The summed E-state index contributed by atoms with van der Waals surface area (Å²) in [6.45, 7) is 5.81. The second-order valence-electron chi connectivity index (χ2n) is 4.23. The molecule has 110 valence electrons. The summed E-state index contributed by atoms with van der Waals surface area (Å²) in [4.78, 5) is 25.3. The van der Waals surface area contributed by atoms with Crippen molar-refractivity contribution in [2.24, 2.45) is 0 Å². The molecule has 0 atom stereocenters. The second-order valence-corrected chi connectivity index (χ2v) is 4.23. The van der Waals surface area contributed by atoms with Gasteiger partial charge < -0.3 is 15.2 Å². The van der Waals surface area contributed by atoms with Gasteiger partial charge in [-0.1, -0.05) is 13.8 Å². The molecule has 0 fully saturated rings. The lowest BCUT2D eigenvalue weighted by Gasteiger charge is -2.17. The van der Waals surface area contributed by atoms with Crippen molar-refractivity contribution in [1.82, 2.24) is 4.90 Å². The van der Waals surface area contributed by atoms with Crippen LogP contribution in [0.2, 0.25) is 0 Å². The minimum atomic E-state index is -0.651. The molecule has 6 heteroatoms. The number of phenols is 1. The van der Waals surface area contributed by atoms with Crippen LogP contribution in [0.3, 0.4) is 0 Å². The lowest BCUT2D eigenvalue weighted by atomic mass is 10.1. The van der Waals surface area contributed by atoms with Crippen molar-refractivity contribution < 1.29 is 19.4 Å². The summed E-state index contributed by atoms with van der Waals surface area (Å²) < 4.78 is 4.56. The Kier molecular flexibility index (Phi) is 5.99. The van der Waals surface area contributed by atoms with Crippen molar-refractivity contribution in [2.45, 2.75) is 13.8 Å². The average Bonchev–Trinajstić information content (AvgIpc) is 2.45. The first-order valence-corrected chi connectivity index (χ1v) is 6.45. The van der Waals surface area contributed by atoms with Gasteiger partial charge in [0, 0.05) is 5.69 Å². The fraction of sp³-hybridized carbons (Fsp3) is 0.429. The first kappa shape index (κ1) is 16.0. The van der Waals surface area contributed by atoms with E-state index in [0.29, 0.717) is 5.69 Å². The summed E-state index contributed by atoms with van der Waals surface area (Å²) in [5.41, 5.74) is 0.466. The molecule has 0 heterocycles. The van der Waals surface area contributed by atoms with Gasteiger partial charge in [-0.25, -0.2) is 4.79 Å². The molecule has 1 aromatic rings. The van der Waals surface area contributed by atoms with E-state index in [0.717, 1.165) is 13.1 Å². The molecule has 1 aromatic carbocycles. The van der Waals surface area contributed by atoms with Gasteiger partial charge in [0.1, 0.15) is 11.3 Å². The number of hydrogen-bond donors (Lipinski definition) is 2. The minimum Gasteiger partial charge on any atom is -0.507 e. The fourth-order valence-corrected chi connectivity index (χ4v) is 1.74. The maximum Gasteiger partial charge on any atom is 0.341 e. The summed E-state index contributed by atoms with van der Waals surface area (Å²) in [6, 6.07) is 4.27. The first-order valence-electron chi connectivity index (χ1n) is 6.45. The van der Waals surface area contributed by atoms with E-state index in [1.165, 1.54) is 25.3 Å². The number of methoxy groups -OCH3 is 1. The van der Waals surface area contributed by atoms with Gasteiger partial charge in [0.25, 0.3) is 0 Å². The van der Waals surface area contributed by atoms with Gasteiger partial charge in [0.2, 0.25) is 5.91 Å². The lowest BCUT2D eigenvalue weighted by molar-refractivity contribution is -0.117. The number of ether oxygens (including phenoxy) is 1. The molecule has 0 saturated heterocycles. The van der Waals surface area contributed by atoms with Crippen LogP contribution in [0.25, 0.3) is 0 Å². The minimum absolute atomic E-state index is 0.0214. The summed E-state index contributed by atoms with van der Waals surface area (Å²) in [5, 5.41) is 12.3. The van der Waals surface area contributed by atoms with Gasteiger partial charge in [-0.05, 0) is 31.3 Å². The van der Waals surface area contributed by atoms with E-state index in [9.17, 15) is 14.7 Å². The molecule has 0 unspecified atom stereocenters. The monoisotopic (exact) mass is 280 g/mol. The fourth-order valence-electron chi connectivity index (χ4n) is 1.74. The van der Waals surface area contributed by atoms with Gasteiger partial charge in [-0.2, -0.15) is 0 Å². The zero-order valence-electron chi connectivity index (χ0n) is 12.0. The van der Waals surface area contributed by atoms with Gasteiger partial charge >= 0.3 is 5.97 Å². The van der Waals surface area contributed by atoms with Gasteiger partial charge in [-0.3, -0.25) is 9.69 Å². The molecule has 0 bridgehead atoms. The Labute approximate surface area is 118 Å². The third kappa shape index (κ3) is 4.24. The van der Waals surface area contributed by atoms with E-state index in [-0.39, 0.29) is 23.8 Å². The number of rotatable bonds is 6. The highest BCUT2D eigenvalue weighted by molar-refractivity contribution is 5.96. The quantitative estimate of drug-likeness (QED) is 0.609. The van der Waals surface area contributed by atoms with E-state index >= 15 is 0 Å². The second kappa shape index (κ2) is 7.49. The Morgan fingerprint density at radius 2 is 1.95 bits per heavy atom. The Balaban J connectivity index is 2.78. The average molecular weight is 280 g/mol. The Hall–Kier alpha value is -2.08. The summed E-state index contributed by atoms with van der Waals surface area (Å²) in [5.74, 6) is -1.00. The number of likely N-dealkylation sites (N-methyl/N-ethyl adjacent to an activating group) is 1. The van der Waals surface area contributed by atoms with Crippen LogP contribution in [-0.4, -0.2) is 48.6 Å². The molecule has 0 spiro atoms. The van der Waals surface area contributed by atoms with Crippen LogP contribution in [0, 0.1) is 0 Å². The molecule has 1 amide bonds. The van der Waals surface area contributed by atoms with E-state index in [4.69, 9.17) is 0 Å². The number of esters is 1. The molecule has 0 saturated carbocycles. The highest BCUT2D eigenvalue weighted by atomic mass is 16.5. The molecule has 20 heavy (non-hydrogen) atoms. The zero-order chi connectivity index (χ0) is 15.1. The van der Waals surface area contributed by atoms with Crippen molar-refractivity contribution in [1.29, 1.82) is 0 Å². The number of carbonyl (C=O) groups excluding carboxylic acids is 2. The van der Waals surface area contributed by atoms with Crippen LogP contribution >= 0.6 is 0 Å². The number of aromatic hydroxyl groups is 1. The molecular formula is C14H20N2O4. The van der Waals surface area contributed by atoms with Crippen LogP contribution in [0.15, 0.2) is 18.2 Å². The normalized spacial score (nSPS) is 10.4. The number of benzene rings is 1. The smallest absolute Gasteiger partial charge is 0.341 e. The maximum absolute atomic E-state index is 11.8. The highest BCUT2D eigenvalue weighted by Crippen LogP contribution is 2.22. The number of hydrogen-bond acceptors (Lipinski definition) is 5. The Morgan fingerprint density at radius 1 is 1.30 bits per heavy atom. The van der Waals surface area contributed by atoms with Gasteiger partial charge in [0.05, 0.1) is 13.7 Å². The number of carbonyl (C=O) groups is 2. The van der Waals surface area contributed by atoms with Crippen LogP contribution in [0.4, 0.5) is 5.69 Å². The molecule has 0 aliphatic carbocycles. The van der Waals surface area contributed by atoms with Crippen molar-refractivity contribution in [2.75, 3.05) is 32.1 Å². The summed E-state index contributed by atoms with van der Waals surface area (Å²) in [7, 11) is 1.23. The largest absolute Gasteiger partial charge is 0.507 e. The first-order chi connectivity index (χ1) is 9.51. The number of nitrogens with zero attached hydrogens (tertiary/aromatic N) is 1. The van der Waals surface area contributed by atoms with Crippen molar-refractivity contribution >= 4 is 17.6 Å². The van der Waals surface area contributed by atoms with Gasteiger partial charge in [0.15, 0.2) is 0 Å². The van der Waals surface area contributed by atoms with Crippen LogP contribution < -0.4 is 5.32 Å². The predicted molar refractivity (Wildman–Crippen MR) is 75.9 cm³/mol. The van der Waals surface area contributed by atoms with Crippen molar-refractivity contribution in [3.05, 3.63) is 23.8 Å². The number of nitrogens with one attached hydrogen (secondary N) is 1. The van der Waals surface area contributed by atoms with E-state index in [1.807, 2.05) is 18.7 Å². The molecule has 0 radical (unpaired) electrons. The zero-order valence-corrected chi connectivity index (χ0v) is 12.0. The maximum atomic E-state index is 11.8. The van der Waals surface area contributed by atoms with E-state index in [1.54, 1.807) is 0 Å². The third-order valence-corrected chi connectivity index (χ3v) is 2.95. The molecule has 0 aliphatic heterocycles. The molecule has 2 N–H and O–H groups in total. The highest BCUT2D eigenvalue weighted by Gasteiger charge is 2.14. The van der Waals surface area contributed by atoms with Crippen LogP contribution in [0.5, 0.6) is 5.75 Å². The third-order valence-electron chi connectivity index (χ3n) is 2.95. The number of phenolic OH excluding ortho intramolecular Hbond substituents is 1. The standard InChI is InChI=1S/C14H20N2O4/c1-4-16(5-2)9-13(18)15-10-6-7-12(17)11(8-10)14(19)20-3/h6-8,17H,4-5,9H2,1-3H3,(H,15,18). The summed E-state index contributed by atoms with van der Waals surface area (Å²) in [6.07, 6.45) is 0. The van der Waals surface area contributed by atoms with E-state index < -0.39 is 5.97 Å². The molecule has 6 nitrogen and oxygen atoms in total. The molecule has 0 aliphatic rings. The number of amides is 1.